The highest BCUT2D eigenvalue weighted by Gasteiger charge is 2.14. The maximum atomic E-state index is 11.6. The van der Waals surface area contributed by atoms with Gasteiger partial charge in [0.2, 0.25) is 0 Å². The van der Waals surface area contributed by atoms with Crippen LogP contribution in [0.5, 0.6) is 0 Å². The van der Waals surface area contributed by atoms with E-state index in [1.165, 1.54) is 6.07 Å². The van der Waals surface area contributed by atoms with E-state index in [0.29, 0.717) is 5.76 Å². The van der Waals surface area contributed by atoms with Crippen molar-refractivity contribution >= 4 is 5.69 Å². The van der Waals surface area contributed by atoms with Gasteiger partial charge < -0.3 is 9.73 Å². The van der Waals surface area contributed by atoms with Crippen LogP contribution in [0.3, 0.4) is 0 Å². The van der Waals surface area contributed by atoms with Crippen molar-refractivity contribution in [1.29, 1.82) is 0 Å². The molecule has 3 nitrogen and oxygen atoms in total. The molecule has 0 fully saturated rings. The van der Waals surface area contributed by atoms with E-state index in [1.54, 1.807) is 6.92 Å². The third kappa shape index (κ3) is 3.26. The molecule has 110 valence electrons. The lowest BCUT2D eigenvalue weighted by Crippen LogP contribution is -2.13. The van der Waals surface area contributed by atoms with Gasteiger partial charge >= 0.3 is 5.63 Å². The predicted molar refractivity (Wildman–Crippen MR) is 88.1 cm³/mol. The van der Waals surface area contributed by atoms with Gasteiger partial charge in [-0.2, -0.15) is 0 Å². The number of hydrogen-bond acceptors (Lipinski definition) is 3. The maximum Gasteiger partial charge on any atom is 0.337 e. The molecule has 0 aliphatic rings. The second-order valence-corrected chi connectivity index (χ2v) is 5.17. The molecule has 0 aliphatic heterocycles. The normalized spacial score (nSPS) is 10.6. The fourth-order valence-electron chi connectivity index (χ4n) is 2.51. The first kappa shape index (κ1) is 14.1. The molecule has 0 amide bonds. The zero-order valence-corrected chi connectivity index (χ0v) is 12.3. The molecule has 0 atom stereocenters. The highest BCUT2D eigenvalue weighted by molar-refractivity contribution is 5.48. The fraction of sp³-hybridized carbons (Fsp3) is 0.105. The van der Waals surface area contributed by atoms with Crippen LogP contribution in [0.4, 0.5) is 5.69 Å². The van der Waals surface area contributed by atoms with Crippen LogP contribution in [0.15, 0.2) is 82.0 Å². The summed E-state index contributed by atoms with van der Waals surface area (Å²) in [7, 11) is 0. The molecule has 1 aromatic heterocycles. The zero-order chi connectivity index (χ0) is 15.4. The van der Waals surface area contributed by atoms with Crippen molar-refractivity contribution < 1.29 is 4.42 Å². The molecule has 0 saturated heterocycles. The van der Waals surface area contributed by atoms with Crippen molar-refractivity contribution in [3.63, 3.8) is 0 Å². The molecule has 3 aromatic rings. The number of hydrogen-bond donors (Lipinski definition) is 1. The monoisotopic (exact) mass is 291 g/mol. The Balaban J connectivity index is 2.01. The second-order valence-electron chi connectivity index (χ2n) is 5.17. The van der Waals surface area contributed by atoms with Gasteiger partial charge in [-0.25, -0.2) is 4.79 Å². The Hall–Kier alpha value is -2.81. The standard InChI is InChI=1S/C19H17NO2/c1-14-12-17(13-18(21)22-14)20-19(15-8-4-2-5-9-15)16-10-6-3-7-11-16/h2-13,19-20H,1H3. The fourth-order valence-corrected chi connectivity index (χ4v) is 2.51. The molecule has 1 N–H and O–H groups in total. The Bertz CT molecular complexity index is 755. The van der Waals surface area contributed by atoms with Crippen LogP contribution in [-0.2, 0) is 0 Å². The van der Waals surface area contributed by atoms with Gasteiger partial charge in [0.25, 0.3) is 0 Å². The summed E-state index contributed by atoms with van der Waals surface area (Å²) in [6, 6.07) is 23.6. The van der Waals surface area contributed by atoms with E-state index in [-0.39, 0.29) is 11.7 Å². The molecule has 2 aromatic carbocycles. The van der Waals surface area contributed by atoms with Crippen LogP contribution in [0.1, 0.15) is 22.9 Å². The topological polar surface area (TPSA) is 42.2 Å². The number of nitrogens with one attached hydrogen (secondary N) is 1. The molecule has 3 rings (SSSR count). The van der Waals surface area contributed by atoms with Crippen LogP contribution in [0.25, 0.3) is 0 Å². The Morgan fingerprint density at radius 1 is 0.864 bits per heavy atom. The molecular formula is C19H17NO2. The van der Waals surface area contributed by atoms with Crippen molar-refractivity contribution in [2.24, 2.45) is 0 Å². The summed E-state index contributed by atoms with van der Waals surface area (Å²) in [6.07, 6.45) is 0. The minimum absolute atomic E-state index is 0.0244. The van der Waals surface area contributed by atoms with Gasteiger partial charge in [0.15, 0.2) is 0 Å². The highest BCUT2D eigenvalue weighted by atomic mass is 16.4. The van der Waals surface area contributed by atoms with Gasteiger partial charge in [-0.3, -0.25) is 0 Å². The first-order chi connectivity index (χ1) is 10.7. The Morgan fingerprint density at radius 3 is 1.91 bits per heavy atom. The lowest BCUT2D eigenvalue weighted by Gasteiger charge is -2.21. The third-order valence-electron chi connectivity index (χ3n) is 3.47. The van der Waals surface area contributed by atoms with Gasteiger partial charge in [-0.1, -0.05) is 60.7 Å². The smallest absolute Gasteiger partial charge is 0.337 e. The molecule has 0 spiro atoms. The van der Waals surface area contributed by atoms with E-state index in [4.69, 9.17) is 4.42 Å². The number of benzene rings is 2. The van der Waals surface area contributed by atoms with Crippen molar-refractivity contribution in [2.75, 3.05) is 5.32 Å². The van der Waals surface area contributed by atoms with Crippen LogP contribution in [-0.4, -0.2) is 0 Å². The molecule has 0 radical (unpaired) electrons. The second kappa shape index (κ2) is 6.31. The first-order valence-electron chi connectivity index (χ1n) is 7.20. The summed E-state index contributed by atoms with van der Waals surface area (Å²) in [6.45, 7) is 1.77. The number of aryl methyl sites for hydroxylation is 1. The lowest BCUT2D eigenvalue weighted by molar-refractivity contribution is 0.481. The SMILES string of the molecule is Cc1cc(NC(c2ccccc2)c2ccccc2)cc(=O)o1. The van der Waals surface area contributed by atoms with Gasteiger partial charge in [-0.15, -0.1) is 0 Å². The molecule has 0 saturated carbocycles. The zero-order valence-electron chi connectivity index (χ0n) is 12.3. The van der Waals surface area contributed by atoms with Crippen LogP contribution >= 0.6 is 0 Å². The predicted octanol–water partition coefficient (Wildman–Crippen LogP) is 4.15. The highest BCUT2D eigenvalue weighted by Crippen LogP contribution is 2.26. The van der Waals surface area contributed by atoms with Gasteiger partial charge in [0, 0.05) is 11.8 Å². The number of anilines is 1. The average Bonchev–Trinajstić information content (AvgIpc) is 2.53. The Kier molecular flexibility index (Phi) is 4.05. The van der Waals surface area contributed by atoms with E-state index in [0.717, 1.165) is 16.8 Å². The molecule has 0 bridgehead atoms. The summed E-state index contributed by atoms with van der Waals surface area (Å²) in [4.78, 5) is 11.6. The lowest BCUT2D eigenvalue weighted by atomic mass is 9.98. The van der Waals surface area contributed by atoms with Crippen molar-refractivity contribution in [2.45, 2.75) is 13.0 Å². The summed E-state index contributed by atoms with van der Waals surface area (Å²) in [5, 5.41) is 3.43. The van der Waals surface area contributed by atoms with Gasteiger partial charge in [0.05, 0.1) is 6.04 Å². The number of rotatable bonds is 4. The minimum Gasteiger partial charge on any atom is -0.428 e. The largest absolute Gasteiger partial charge is 0.428 e. The van der Waals surface area contributed by atoms with E-state index in [2.05, 4.69) is 29.6 Å². The van der Waals surface area contributed by atoms with Crippen molar-refractivity contribution in [1.82, 2.24) is 0 Å². The maximum absolute atomic E-state index is 11.6. The van der Waals surface area contributed by atoms with Crippen LogP contribution in [0.2, 0.25) is 0 Å². The molecule has 0 aliphatic carbocycles. The van der Waals surface area contributed by atoms with Gasteiger partial charge in [0.1, 0.15) is 5.76 Å². The molecule has 22 heavy (non-hydrogen) atoms. The van der Waals surface area contributed by atoms with E-state index in [9.17, 15) is 4.79 Å². The van der Waals surface area contributed by atoms with E-state index < -0.39 is 0 Å². The minimum atomic E-state index is -0.345. The summed E-state index contributed by atoms with van der Waals surface area (Å²) in [5.74, 6) is 0.592. The molecule has 3 heteroatoms. The van der Waals surface area contributed by atoms with E-state index in [1.807, 2.05) is 42.5 Å². The first-order valence-corrected chi connectivity index (χ1v) is 7.20. The third-order valence-corrected chi connectivity index (χ3v) is 3.47. The molecule has 0 unspecified atom stereocenters. The quantitative estimate of drug-likeness (QED) is 0.785. The average molecular weight is 291 g/mol. The Morgan fingerprint density at radius 2 is 1.41 bits per heavy atom. The van der Waals surface area contributed by atoms with Crippen LogP contribution < -0.4 is 10.9 Å². The van der Waals surface area contributed by atoms with Crippen molar-refractivity contribution in [3.8, 4) is 0 Å². The molecular weight excluding hydrogens is 274 g/mol. The van der Waals surface area contributed by atoms with Gasteiger partial charge in [-0.05, 0) is 24.1 Å². The molecule has 1 heterocycles. The van der Waals surface area contributed by atoms with Crippen LogP contribution in [0, 0.1) is 6.92 Å². The summed E-state index contributed by atoms with van der Waals surface area (Å²) < 4.78 is 5.02. The Labute approximate surface area is 129 Å². The summed E-state index contributed by atoms with van der Waals surface area (Å²) >= 11 is 0. The van der Waals surface area contributed by atoms with Crippen molar-refractivity contribution in [3.05, 3.63) is 100 Å². The van der Waals surface area contributed by atoms with E-state index >= 15 is 0 Å². The summed E-state index contributed by atoms with van der Waals surface area (Å²) in [5.41, 5.74) is 2.69.